The van der Waals surface area contributed by atoms with Crippen molar-refractivity contribution in [3.05, 3.63) is 42.0 Å². The summed E-state index contributed by atoms with van der Waals surface area (Å²) in [6.45, 7) is 1.89. The molecule has 0 radical (unpaired) electrons. The van der Waals surface area contributed by atoms with E-state index in [1.54, 1.807) is 0 Å². The lowest BCUT2D eigenvalue weighted by Crippen LogP contribution is -2.53. The zero-order valence-corrected chi connectivity index (χ0v) is 13.9. The Balaban J connectivity index is 0.000000224. The third-order valence-electron chi connectivity index (χ3n) is 4.37. The first kappa shape index (κ1) is 18.7. The molecule has 2 aromatic rings. The molecule has 1 aliphatic rings. The fourth-order valence-electron chi connectivity index (χ4n) is 2.72. The molecule has 24 heavy (non-hydrogen) atoms. The Morgan fingerprint density at radius 1 is 1.12 bits per heavy atom. The molecule has 0 saturated heterocycles. The van der Waals surface area contributed by atoms with Crippen LogP contribution in [0, 0.1) is 0 Å². The topological polar surface area (TPSA) is 77.4 Å². The lowest BCUT2D eigenvalue weighted by molar-refractivity contribution is -0.0586. The molecule has 1 heterocycles. The molecule has 0 amide bonds. The zero-order chi connectivity index (χ0) is 18.6. The second-order valence-corrected chi connectivity index (χ2v) is 7.43. The minimum atomic E-state index is -6.09. The molecule has 2 aromatic carbocycles. The van der Waals surface area contributed by atoms with Crippen molar-refractivity contribution in [1.29, 1.82) is 0 Å². The maximum absolute atomic E-state index is 10.7. The highest BCUT2D eigenvalue weighted by molar-refractivity contribution is 7.86. The van der Waals surface area contributed by atoms with Crippen LogP contribution >= 0.6 is 0 Å². The van der Waals surface area contributed by atoms with Gasteiger partial charge in [-0.1, -0.05) is 24.3 Å². The first-order valence-corrected chi connectivity index (χ1v) is 8.23. The average Bonchev–Trinajstić information content (AvgIpc) is 2.58. The van der Waals surface area contributed by atoms with Crippen molar-refractivity contribution in [2.75, 3.05) is 14.1 Å². The fraction of sp³-hybridized carbons (Fsp3) is 0.333. The van der Waals surface area contributed by atoms with E-state index in [2.05, 4.69) is 38.4 Å². The molecule has 132 valence electrons. The van der Waals surface area contributed by atoms with E-state index in [9.17, 15) is 18.3 Å². The number of quaternary nitrogens is 1. The van der Waals surface area contributed by atoms with E-state index in [4.69, 9.17) is 13.0 Å². The van der Waals surface area contributed by atoms with Gasteiger partial charge in [-0.2, -0.15) is 13.2 Å². The first-order valence-electron chi connectivity index (χ1n) is 6.82. The number of benzene rings is 2. The van der Waals surface area contributed by atoms with Crippen LogP contribution in [0.5, 0.6) is 0 Å². The smallest absolute Gasteiger partial charge is 0.485 e. The molecular formula is C15H16F3NO4S. The molecule has 0 unspecified atom stereocenters. The van der Waals surface area contributed by atoms with Gasteiger partial charge < -0.3 is 9.66 Å². The van der Waals surface area contributed by atoms with Crippen molar-refractivity contribution in [3.8, 4) is 0 Å². The van der Waals surface area contributed by atoms with Gasteiger partial charge in [-0.25, -0.2) is 8.42 Å². The Labute approximate surface area is 137 Å². The van der Waals surface area contributed by atoms with Crippen LogP contribution in [0.3, 0.4) is 0 Å². The summed E-state index contributed by atoms with van der Waals surface area (Å²) in [6.07, 6.45) is 0. The van der Waals surface area contributed by atoms with Gasteiger partial charge in [0.25, 0.3) is 0 Å². The summed E-state index contributed by atoms with van der Waals surface area (Å²) in [7, 11) is -1.99. The Morgan fingerprint density at radius 3 is 2.04 bits per heavy atom. The van der Waals surface area contributed by atoms with E-state index < -0.39 is 21.4 Å². The largest absolute Gasteiger partial charge is 0.741 e. The van der Waals surface area contributed by atoms with Crippen molar-refractivity contribution >= 4 is 26.6 Å². The molecule has 9 heteroatoms. The molecule has 0 aliphatic carbocycles. The molecule has 0 spiro atoms. The summed E-state index contributed by atoms with van der Waals surface area (Å²) in [5.41, 5.74) is -4.26. The van der Waals surface area contributed by atoms with Gasteiger partial charge in [-0.3, -0.25) is 4.48 Å². The van der Waals surface area contributed by atoms with Crippen LogP contribution in [0.1, 0.15) is 12.5 Å². The maximum Gasteiger partial charge on any atom is 0.485 e. The number of aliphatic hydroxyl groups is 1. The molecule has 1 atom stereocenters. The van der Waals surface area contributed by atoms with Gasteiger partial charge >= 0.3 is 5.51 Å². The summed E-state index contributed by atoms with van der Waals surface area (Å²) in [6, 6.07) is 12.4. The first-order chi connectivity index (χ1) is 10.7. The van der Waals surface area contributed by atoms with Gasteiger partial charge in [-0.15, -0.1) is 0 Å². The van der Waals surface area contributed by atoms with Crippen molar-refractivity contribution in [2.24, 2.45) is 0 Å². The highest BCUT2D eigenvalue weighted by Crippen LogP contribution is 2.49. The molecule has 0 saturated carbocycles. The van der Waals surface area contributed by atoms with Crippen molar-refractivity contribution in [3.63, 3.8) is 0 Å². The normalized spacial score (nSPS) is 22.2. The third kappa shape index (κ3) is 2.77. The van der Waals surface area contributed by atoms with Gasteiger partial charge in [-0.05, 0) is 17.5 Å². The van der Waals surface area contributed by atoms with Crippen LogP contribution in [0.15, 0.2) is 36.4 Å². The Kier molecular flexibility index (Phi) is 4.21. The third-order valence-corrected chi connectivity index (χ3v) is 4.93. The second kappa shape index (κ2) is 5.41. The molecule has 0 fully saturated rings. The van der Waals surface area contributed by atoms with E-state index in [-0.39, 0.29) is 0 Å². The standard InChI is InChI=1S/C14H16NO.CHF3O3S/c1-14(16)11-8-4-6-10-7-5-9-12(13(10)11)15(14,2)3;2-1(3,4)8(5,6)7/h4-9,16H,1-3H3;(H,5,6,7)/q+1;/p-1/t14-;/m0./s1. The van der Waals surface area contributed by atoms with Crippen LogP contribution in [-0.2, 0) is 15.8 Å². The molecule has 0 aromatic heterocycles. The van der Waals surface area contributed by atoms with Gasteiger partial charge in [0.05, 0.1) is 25.0 Å². The number of alkyl halides is 3. The number of halogens is 3. The molecule has 0 bridgehead atoms. The quantitative estimate of drug-likeness (QED) is 0.443. The van der Waals surface area contributed by atoms with Gasteiger partial charge in [0, 0.05) is 6.92 Å². The van der Waals surface area contributed by atoms with Crippen LogP contribution < -0.4 is 4.48 Å². The molecule has 5 nitrogen and oxygen atoms in total. The lowest BCUT2D eigenvalue weighted by atomic mass is 10.0. The monoisotopic (exact) mass is 363 g/mol. The van der Waals surface area contributed by atoms with Crippen LogP contribution in [0.25, 0.3) is 10.8 Å². The van der Waals surface area contributed by atoms with Crippen molar-refractivity contribution in [1.82, 2.24) is 4.48 Å². The molecule has 1 N–H and O–H groups in total. The summed E-state index contributed by atoms with van der Waals surface area (Å²) < 4.78 is 59.4. The SMILES string of the molecule is C[C@]1(O)c2cccc3cccc(c23)[N+]1(C)C.O=S(=O)([O-])C(F)(F)F. The summed E-state index contributed by atoms with van der Waals surface area (Å²) >= 11 is 0. The predicted molar refractivity (Wildman–Crippen MR) is 82.9 cm³/mol. The van der Waals surface area contributed by atoms with Crippen LogP contribution in [-0.4, -0.2) is 37.7 Å². The number of hydrogen-bond acceptors (Lipinski definition) is 4. The van der Waals surface area contributed by atoms with E-state index in [1.165, 1.54) is 16.5 Å². The summed E-state index contributed by atoms with van der Waals surface area (Å²) in [4.78, 5) is 0. The summed E-state index contributed by atoms with van der Waals surface area (Å²) in [5.74, 6) is 0. The molecule has 1 aliphatic heterocycles. The van der Waals surface area contributed by atoms with Crippen LogP contribution in [0.2, 0.25) is 0 Å². The highest BCUT2D eigenvalue weighted by Gasteiger charge is 2.50. The number of hydrogen-bond donors (Lipinski definition) is 1. The molecule has 3 rings (SSSR count). The van der Waals surface area contributed by atoms with E-state index >= 15 is 0 Å². The predicted octanol–water partition coefficient (Wildman–Crippen LogP) is 2.64. The van der Waals surface area contributed by atoms with E-state index in [0.29, 0.717) is 4.48 Å². The van der Waals surface area contributed by atoms with Crippen molar-refractivity contribution in [2.45, 2.75) is 18.2 Å². The number of rotatable bonds is 0. The van der Waals surface area contributed by atoms with Crippen molar-refractivity contribution < 1.29 is 31.2 Å². The fourth-order valence-corrected chi connectivity index (χ4v) is 2.72. The highest BCUT2D eigenvalue weighted by atomic mass is 32.2. The van der Waals surface area contributed by atoms with Gasteiger partial charge in [0.2, 0.25) is 5.72 Å². The Bertz CT molecular complexity index is 840. The van der Waals surface area contributed by atoms with E-state index in [1.807, 2.05) is 19.1 Å². The summed E-state index contributed by atoms with van der Waals surface area (Å²) in [5, 5.41) is 13.1. The lowest BCUT2D eigenvalue weighted by Gasteiger charge is -2.37. The zero-order valence-electron chi connectivity index (χ0n) is 13.1. The van der Waals surface area contributed by atoms with Crippen LogP contribution in [0.4, 0.5) is 18.9 Å². The second-order valence-electron chi connectivity index (χ2n) is 6.05. The van der Waals surface area contributed by atoms with Gasteiger partial charge in [0.15, 0.2) is 10.1 Å². The Hall–Kier alpha value is -1.68. The number of nitrogens with zero attached hydrogens (tertiary/aromatic N) is 1. The molecular weight excluding hydrogens is 347 g/mol. The maximum atomic E-state index is 10.7. The van der Waals surface area contributed by atoms with Gasteiger partial charge in [0.1, 0.15) is 5.69 Å². The average molecular weight is 363 g/mol. The van der Waals surface area contributed by atoms with E-state index in [0.717, 1.165) is 5.56 Å². The Morgan fingerprint density at radius 2 is 1.58 bits per heavy atom. The minimum Gasteiger partial charge on any atom is -0.741 e. The minimum absolute atomic E-state index is 0.490.